The Kier molecular flexibility index (Phi) is 3.30. The average Bonchev–Trinajstić information content (AvgIpc) is 2.57. The molecule has 84 valence electrons. The third-order valence-corrected chi connectivity index (χ3v) is 4.75. The predicted octanol–water partition coefficient (Wildman–Crippen LogP) is 3.21. The Morgan fingerprint density at radius 3 is 2.38 bits per heavy atom. The molecule has 1 aliphatic rings. The van der Waals surface area contributed by atoms with Crippen LogP contribution in [0.2, 0.25) is 0 Å². The van der Waals surface area contributed by atoms with Crippen molar-refractivity contribution in [2.24, 2.45) is 0 Å². The highest BCUT2D eigenvalue weighted by Gasteiger charge is 2.31. The zero-order valence-corrected chi connectivity index (χ0v) is 11.1. The van der Waals surface area contributed by atoms with Gasteiger partial charge in [-0.05, 0) is 24.6 Å². The van der Waals surface area contributed by atoms with E-state index in [0.717, 1.165) is 21.2 Å². The molecule has 0 saturated carbocycles. The summed E-state index contributed by atoms with van der Waals surface area (Å²) >= 11 is 3.25. The Morgan fingerprint density at radius 2 is 1.81 bits per heavy atom. The van der Waals surface area contributed by atoms with Crippen LogP contribution in [0.3, 0.4) is 0 Å². The van der Waals surface area contributed by atoms with Gasteiger partial charge in [0, 0.05) is 12.6 Å². The standard InChI is InChI=1S/C12H13NOS2/c1-13-9-7-5-4-6-8(9)11(14)10(13)12(15-2)16-3/h4-7H,1-3H3. The van der Waals surface area contributed by atoms with Crippen LogP contribution >= 0.6 is 23.5 Å². The van der Waals surface area contributed by atoms with Gasteiger partial charge >= 0.3 is 0 Å². The quantitative estimate of drug-likeness (QED) is 0.752. The van der Waals surface area contributed by atoms with E-state index in [-0.39, 0.29) is 5.78 Å². The number of allylic oxidation sites excluding steroid dienone is 1. The molecule has 0 unspecified atom stereocenters. The van der Waals surface area contributed by atoms with E-state index in [2.05, 4.69) is 0 Å². The molecule has 16 heavy (non-hydrogen) atoms. The summed E-state index contributed by atoms with van der Waals surface area (Å²) in [5.74, 6) is 0.136. The van der Waals surface area contributed by atoms with Gasteiger partial charge in [-0.3, -0.25) is 4.79 Å². The molecule has 2 rings (SSSR count). The van der Waals surface area contributed by atoms with Gasteiger partial charge < -0.3 is 4.90 Å². The maximum atomic E-state index is 12.2. The summed E-state index contributed by atoms with van der Waals surface area (Å²) in [7, 11) is 1.95. The first-order valence-corrected chi connectivity index (χ1v) is 7.35. The van der Waals surface area contributed by atoms with Crippen molar-refractivity contribution < 1.29 is 4.79 Å². The van der Waals surface area contributed by atoms with E-state index in [9.17, 15) is 4.79 Å². The Morgan fingerprint density at radius 1 is 1.19 bits per heavy atom. The van der Waals surface area contributed by atoms with Crippen molar-refractivity contribution in [3.8, 4) is 0 Å². The first kappa shape index (κ1) is 11.6. The summed E-state index contributed by atoms with van der Waals surface area (Å²) in [5.41, 5.74) is 2.62. The molecule has 0 radical (unpaired) electrons. The van der Waals surface area contributed by atoms with Gasteiger partial charge in [0.05, 0.1) is 9.92 Å². The van der Waals surface area contributed by atoms with Crippen LogP contribution in [0, 0.1) is 0 Å². The van der Waals surface area contributed by atoms with Crippen molar-refractivity contribution in [2.75, 3.05) is 24.5 Å². The number of likely N-dealkylation sites (N-methyl/N-ethyl adjacent to an activating group) is 1. The van der Waals surface area contributed by atoms with Crippen LogP contribution in [0.15, 0.2) is 34.2 Å². The zero-order valence-electron chi connectivity index (χ0n) is 9.48. The SMILES string of the molecule is CSC(SC)=C1C(=O)c2ccccc2N1C. The van der Waals surface area contributed by atoms with Crippen molar-refractivity contribution in [1.82, 2.24) is 0 Å². The fourth-order valence-electron chi connectivity index (χ4n) is 1.86. The van der Waals surface area contributed by atoms with E-state index in [1.165, 1.54) is 0 Å². The van der Waals surface area contributed by atoms with Crippen LogP contribution in [0.5, 0.6) is 0 Å². The summed E-state index contributed by atoms with van der Waals surface area (Å²) in [5, 5.41) is 0. The molecule has 0 fully saturated rings. The molecule has 0 N–H and O–H groups in total. The van der Waals surface area contributed by atoms with E-state index in [1.807, 2.05) is 48.7 Å². The number of benzene rings is 1. The zero-order chi connectivity index (χ0) is 11.7. The predicted molar refractivity (Wildman–Crippen MR) is 73.2 cm³/mol. The third-order valence-electron chi connectivity index (χ3n) is 2.62. The van der Waals surface area contributed by atoms with Crippen LogP contribution < -0.4 is 4.90 Å². The maximum Gasteiger partial charge on any atom is 0.213 e. The van der Waals surface area contributed by atoms with Gasteiger partial charge in [0.1, 0.15) is 5.70 Å². The van der Waals surface area contributed by atoms with Crippen molar-refractivity contribution in [3.05, 3.63) is 39.8 Å². The van der Waals surface area contributed by atoms with Gasteiger partial charge in [0.2, 0.25) is 5.78 Å². The van der Waals surface area contributed by atoms with Gasteiger partial charge in [-0.2, -0.15) is 0 Å². The number of hydrogen-bond acceptors (Lipinski definition) is 4. The topological polar surface area (TPSA) is 20.3 Å². The number of nitrogens with zero attached hydrogens (tertiary/aromatic N) is 1. The molecule has 0 atom stereocenters. The maximum absolute atomic E-state index is 12.2. The summed E-state index contributed by atoms with van der Waals surface area (Å²) in [6.45, 7) is 0. The van der Waals surface area contributed by atoms with E-state index < -0.39 is 0 Å². The number of Topliss-reactive ketones (excluding diaryl/α,β-unsaturated/α-hetero) is 1. The van der Waals surface area contributed by atoms with Gasteiger partial charge in [-0.1, -0.05) is 12.1 Å². The highest BCUT2D eigenvalue weighted by atomic mass is 32.2. The molecule has 0 aliphatic carbocycles. The average molecular weight is 251 g/mol. The first-order valence-electron chi connectivity index (χ1n) is 4.90. The molecule has 1 aromatic rings. The highest BCUT2D eigenvalue weighted by molar-refractivity contribution is 8.21. The Balaban J connectivity index is 2.58. The lowest BCUT2D eigenvalue weighted by molar-refractivity contribution is 0.103. The van der Waals surface area contributed by atoms with Gasteiger partial charge in [-0.25, -0.2) is 0 Å². The van der Waals surface area contributed by atoms with Gasteiger partial charge in [0.15, 0.2) is 0 Å². The molecule has 2 nitrogen and oxygen atoms in total. The lowest BCUT2D eigenvalue weighted by Gasteiger charge is -2.15. The second-order valence-corrected chi connectivity index (χ2v) is 5.34. The molecule has 1 aromatic carbocycles. The fraction of sp³-hybridized carbons (Fsp3) is 0.250. The number of thioether (sulfide) groups is 2. The minimum atomic E-state index is 0.136. The van der Waals surface area contributed by atoms with Crippen LogP contribution in [-0.4, -0.2) is 25.3 Å². The minimum Gasteiger partial charge on any atom is -0.339 e. The first-order chi connectivity index (χ1) is 7.70. The van der Waals surface area contributed by atoms with E-state index in [1.54, 1.807) is 23.5 Å². The fourth-order valence-corrected chi connectivity index (χ4v) is 3.38. The smallest absolute Gasteiger partial charge is 0.213 e. The summed E-state index contributed by atoms with van der Waals surface area (Å²) in [4.78, 5) is 14.2. The van der Waals surface area contributed by atoms with E-state index in [4.69, 9.17) is 0 Å². The Bertz CT molecular complexity index is 462. The normalized spacial score (nSPS) is 14.3. The highest BCUT2D eigenvalue weighted by Crippen LogP contribution is 2.39. The molecule has 0 amide bonds. The molecule has 0 aromatic heterocycles. The lowest BCUT2D eigenvalue weighted by atomic mass is 10.1. The molecule has 0 bridgehead atoms. The lowest BCUT2D eigenvalue weighted by Crippen LogP contribution is -2.15. The number of anilines is 1. The largest absolute Gasteiger partial charge is 0.339 e. The Hall–Kier alpha value is -0.870. The molecule has 4 heteroatoms. The van der Waals surface area contributed by atoms with Crippen LogP contribution in [0.25, 0.3) is 0 Å². The number of carbonyl (C=O) groups is 1. The van der Waals surface area contributed by atoms with Crippen molar-refractivity contribution in [2.45, 2.75) is 0 Å². The van der Waals surface area contributed by atoms with Gasteiger partial charge in [-0.15, -0.1) is 23.5 Å². The third kappa shape index (κ3) is 1.66. The number of para-hydroxylation sites is 1. The number of carbonyl (C=O) groups excluding carboxylic acids is 1. The Labute approximate surface area is 104 Å². The number of ketones is 1. The minimum absolute atomic E-state index is 0.136. The van der Waals surface area contributed by atoms with Crippen molar-refractivity contribution >= 4 is 35.0 Å². The summed E-state index contributed by atoms with van der Waals surface area (Å²) in [6, 6.07) is 7.74. The summed E-state index contributed by atoms with van der Waals surface area (Å²) in [6.07, 6.45) is 4.01. The molecular weight excluding hydrogens is 238 g/mol. The second-order valence-electron chi connectivity index (χ2n) is 3.45. The van der Waals surface area contributed by atoms with E-state index in [0.29, 0.717) is 0 Å². The van der Waals surface area contributed by atoms with Crippen LogP contribution in [-0.2, 0) is 0 Å². The van der Waals surface area contributed by atoms with Gasteiger partial charge in [0.25, 0.3) is 0 Å². The number of hydrogen-bond donors (Lipinski definition) is 0. The molecule has 0 saturated heterocycles. The second kappa shape index (κ2) is 4.55. The number of rotatable bonds is 2. The molecule has 1 heterocycles. The number of fused-ring (bicyclic) bond motifs is 1. The van der Waals surface area contributed by atoms with Crippen molar-refractivity contribution in [3.63, 3.8) is 0 Å². The van der Waals surface area contributed by atoms with Crippen LogP contribution in [0.4, 0.5) is 5.69 Å². The van der Waals surface area contributed by atoms with Crippen molar-refractivity contribution in [1.29, 1.82) is 0 Å². The van der Waals surface area contributed by atoms with Crippen LogP contribution in [0.1, 0.15) is 10.4 Å². The monoisotopic (exact) mass is 251 g/mol. The van der Waals surface area contributed by atoms with E-state index >= 15 is 0 Å². The molecular formula is C12H13NOS2. The summed E-state index contributed by atoms with van der Waals surface area (Å²) < 4.78 is 1.07. The molecule has 1 aliphatic heterocycles. The molecule has 0 spiro atoms.